The zero-order valence-electron chi connectivity index (χ0n) is 16.6. The van der Waals surface area contributed by atoms with Crippen molar-refractivity contribution in [2.75, 3.05) is 38.2 Å². The maximum atomic E-state index is 13.1. The van der Waals surface area contributed by atoms with Crippen LogP contribution in [-0.2, 0) is 4.79 Å². The number of amides is 2. The molecule has 1 aliphatic rings. The van der Waals surface area contributed by atoms with E-state index in [2.05, 4.69) is 16.3 Å². The molecule has 0 aliphatic carbocycles. The first-order valence-corrected chi connectivity index (χ1v) is 10.4. The van der Waals surface area contributed by atoms with Gasteiger partial charge in [0.15, 0.2) is 0 Å². The van der Waals surface area contributed by atoms with Crippen molar-refractivity contribution in [3.05, 3.63) is 46.7 Å². The van der Waals surface area contributed by atoms with Gasteiger partial charge in [-0.3, -0.25) is 9.59 Å². The first-order chi connectivity index (χ1) is 13.5. The standard InChI is InChI=1S/C21H27N3O3S/c1-15(2)19(22-20(25)18-8-5-13-28-18)21(26)24-11-9-23(10-12-24)16-6-4-7-17(14-16)27-3/h4-8,13-15,19H,9-12H2,1-3H3,(H,22,25)/t19-/m0/s1. The molecule has 3 rings (SSSR count). The molecule has 7 heteroatoms. The third-order valence-corrected chi connectivity index (χ3v) is 5.84. The summed E-state index contributed by atoms with van der Waals surface area (Å²) in [4.78, 5) is 30.2. The average Bonchev–Trinajstić information content (AvgIpc) is 3.26. The summed E-state index contributed by atoms with van der Waals surface area (Å²) in [5.74, 6) is 0.655. The Hall–Kier alpha value is -2.54. The van der Waals surface area contributed by atoms with Gasteiger partial charge in [0.1, 0.15) is 11.8 Å². The van der Waals surface area contributed by atoms with Crippen LogP contribution >= 0.6 is 11.3 Å². The number of thiophene rings is 1. The van der Waals surface area contributed by atoms with Gasteiger partial charge in [-0.15, -0.1) is 11.3 Å². The van der Waals surface area contributed by atoms with Gasteiger partial charge < -0.3 is 19.9 Å². The molecular weight excluding hydrogens is 374 g/mol. The van der Waals surface area contributed by atoms with Crippen LogP contribution in [0, 0.1) is 5.92 Å². The van der Waals surface area contributed by atoms with Crippen LogP contribution in [0.25, 0.3) is 0 Å². The van der Waals surface area contributed by atoms with E-state index in [4.69, 9.17) is 4.74 Å². The quantitative estimate of drug-likeness (QED) is 0.809. The van der Waals surface area contributed by atoms with Crippen molar-refractivity contribution in [2.24, 2.45) is 5.92 Å². The highest BCUT2D eigenvalue weighted by atomic mass is 32.1. The largest absolute Gasteiger partial charge is 0.497 e. The van der Waals surface area contributed by atoms with Crippen molar-refractivity contribution in [1.29, 1.82) is 0 Å². The Bertz CT molecular complexity index is 799. The minimum absolute atomic E-state index is 0.00908. The fraction of sp³-hybridized carbons (Fsp3) is 0.429. The summed E-state index contributed by atoms with van der Waals surface area (Å²) in [6, 6.07) is 11.1. The SMILES string of the molecule is COc1cccc(N2CCN(C(=O)[C@@H](NC(=O)c3cccs3)C(C)C)CC2)c1. The van der Waals surface area contributed by atoms with Crippen LogP contribution in [-0.4, -0.2) is 56.0 Å². The Balaban J connectivity index is 1.61. The number of rotatable bonds is 6. The van der Waals surface area contributed by atoms with Crippen molar-refractivity contribution in [1.82, 2.24) is 10.2 Å². The minimum atomic E-state index is -0.516. The molecule has 2 heterocycles. The Kier molecular flexibility index (Phi) is 6.57. The number of carbonyl (C=O) groups is 2. The average molecular weight is 402 g/mol. The molecule has 1 aliphatic heterocycles. The highest BCUT2D eigenvalue weighted by Crippen LogP contribution is 2.22. The number of ether oxygens (including phenoxy) is 1. The van der Waals surface area contributed by atoms with Crippen LogP contribution in [0.4, 0.5) is 5.69 Å². The molecule has 1 atom stereocenters. The second-order valence-electron chi connectivity index (χ2n) is 7.19. The van der Waals surface area contributed by atoms with Crippen molar-refractivity contribution >= 4 is 28.8 Å². The molecule has 0 radical (unpaired) electrons. The zero-order valence-corrected chi connectivity index (χ0v) is 17.4. The number of benzene rings is 1. The Labute approximate surface area is 170 Å². The summed E-state index contributed by atoms with van der Waals surface area (Å²) in [6.07, 6.45) is 0. The number of hydrogen-bond donors (Lipinski definition) is 1. The van der Waals surface area contributed by atoms with E-state index < -0.39 is 6.04 Å². The van der Waals surface area contributed by atoms with Gasteiger partial charge in [0.25, 0.3) is 5.91 Å². The van der Waals surface area contributed by atoms with E-state index in [1.165, 1.54) is 11.3 Å². The fourth-order valence-electron chi connectivity index (χ4n) is 3.32. The number of methoxy groups -OCH3 is 1. The lowest BCUT2D eigenvalue weighted by Crippen LogP contribution is -2.56. The van der Waals surface area contributed by atoms with Crippen LogP contribution in [0.3, 0.4) is 0 Å². The summed E-state index contributed by atoms with van der Waals surface area (Å²) in [5.41, 5.74) is 1.10. The predicted molar refractivity (Wildman–Crippen MR) is 112 cm³/mol. The number of piperazine rings is 1. The van der Waals surface area contributed by atoms with Gasteiger partial charge in [-0.1, -0.05) is 26.0 Å². The van der Waals surface area contributed by atoms with E-state index in [0.29, 0.717) is 18.0 Å². The molecule has 1 N–H and O–H groups in total. The molecule has 2 aromatic rings. The number of nitrogens with zero attached hydrogens (tertiary/aromatic N) is 2. The van der Waals surface area contributed by atoms with Gasteiger partial charge in [-0.2, -0.15) is 0 Å². The first-order valence-electron chi connectivity index (χ1n) is 9.51. The van der Waals surface area contributed by atoms with Crippen molar-refractivity contribution in [2.45, 2.75) is 19.9 Å². The van der Waals surface area contributed by atoms with E-state index in [-0.39, 0.29) is 17.7 Å². The Morgan fingerprint density at radius 3 is 2.46 bits per heavy atom. The van der Waals surface area contributed by atoms with Crippen LogP contribution < -0.4 is 15.0 Å². The van der Waals surface area contributed by atoms with Gasteiger partial charge in [-0.25, -0.2) is 0 Å². The highest BCUT2D eigenvalue weighted by Gasteiger charge is 2.31. The zero-order chi connectivity index (χ0) is 20.1. The third-order valence-electron chi connectivity index (χ3n) is 4.97. The molecule has 0 saturated carbocycles. The topological polar surface area (TPSA) is 61.9 Å². The lowest BCUT2D eigenvalue weighted by Gasteiger charge is -2.38. The van der Waals surface area contributed by atoms with Gasteiger partial charge in [-0.05, 0) is 29.5 Å². The third kappa shape index (κ3) is 4.65. The molecular formula is C21H27N3O3S. The van der Waals surface area contributed by atoms with Crippen molar-refractivity contribution in [3.8, 4) is 5.75 Å². The molecule has 150 valence electrons. The van der Waals surface area contributed by atoms with Gasteiger partial charge >= 0.3 is 0 Å². The van der Waals surface area contributed by atoms with E-state index in [1.807, 2.05) is 48.4 Å². The van der Waals surface area contributed by atoms with Crippen LogP contribution in [0.1, 0.15) is 23.5 Å². The van der Waals surface area contributed by atoms with Crippen LogP contribution in [0.2, 0.25) is 0 Å². The summed E-state index contributed by atoms with van der Waals surface area (Å²) < 4.78 is 5.30. The summed E-state index contributed by atoms with van der Waals surface area (Å²) in [5, 5.41) is 4.78. The fourth-order valence-corrected chi connectivity index (χ4v) is 3.95. The molecule has 28 heavy (non-hydrogen) atoms. The molecule has 1 saturated heterocycles. The van der Waals surface area contributed by atoms with E-state index >= 15 is 0 Å². The number of anilines is 1. The lowest BCUT2D eigenvalue weighted by molar-refractivity contribution is -0.134. The normalized spacial score (nSPS) is 15.4. The highest BCUT2D eigenvalue weighted by molar-refractivity contribution is 7.12. The maximum Gasteiger partial charge on any atom is 0.262 e. The van der Waals surface area contributed by atoms with Crippen LogP contribution in [0.5, 0.6) is 5.75 Å². The lowest BCUT2D eigenvalue weighted by atomic mass is 10.0. The summed E-state index contributed by atoms with van der Waals surface area (Å²) in [6.45, 7) is 6.70. The Morgan fingerprint density at radius 1 is 1.11 bits per heavy atom. The predicted octanol–water partition coefficient (Wildman–Crippen LogP) is 2.86. The Morgan fingerprint density at radius 2 is 1.86 bits per heavy atom. The molecule has 1 aromatic heterocycles. The number of carbonyl (C=O) groups excluding carboxylic acids is 2. The van der Waals surface area contributed by atoms with Crippen molar-refractivity contribution in [3.63, 3.8) is 0 Å². The van der Waals surface area contributed by atoms with Gasteiger partial charge in [0.05, 0.1) is 12.0 Å². The smallest absolute Gasteiger partial charge is 0.262 e. The molecule has 0 unspecified atom stereocenters. The van der Waals surface area contributed by atoms with E-state index in [0.717, 1.165) is 24.5 Å². The number of hydrogen-bond acceptors (Lipinski definition) is 5. The molecule has 0 spiro atoms. The van der Waals surface area contributed by atoms with Gasteiger partial charge in [0, 0.05) is 37.9 Å². The summed E-state index contributed by atoms with van der Waals surface area (Å²) >= 11 is 1.38. The maximum absolute atomic E-state index is 13.1. The molecule has 2 amide bonds. The second kappa shape index (κ2) is 9.10. The van der Waals surface area contributed by atoms with Crippen molar-refractivity contribution < 1.29 is 14.3 Å². The molecule has 0 bridgehead atoms. The monoisotopic (exact) mass is 401 g/mol. The summed E-state index contributed by atoms with van der Waals surface area (Å²) in [7, 11) is 1.66. The van der Waals surface area contributed by atoms with E-state index in [1.54, 1.807) is 13.2 Å². The number of nitrogens with one attached hydrogen (secondary N) is 1. The molecule has 1 fully saturated rings. The van der Waals surface area contributed by atoms with E-state index in [9.17, 15) is 9.59 Å². The minimum Gasteiger partial charge on any atom is -0.497 e. The molecule has 1 aromatic carbocycles. The van der Waals surface area contributed by atoms with Gasteiger partial charge in [0.2, 0.25) is 5.91 Å². The van der Waals surface area contributed by atoms with Crippen LogP contribution in [0.15, 0.2) is 41.8 Å². The first kappa shape index (κ1) is 20.2. The molecule has 6 nitrogen and oxygen atoms in total. The second-order valence-corrected chi connectivity index (χ2v) is 8.13.